The highest BCUT2D eigenvalue weighted by molar-refractivity contribution is 9.10. The number of nitrogens with two attached hydrogens (primary N) is 1. The lowest BCUT2D eigenvalue weighted by Crippen LogP contribution is -2.15. The molecule has 0 radical (unpaired) electrons. The monoisotopic (exact) mass is 317 g/mol. The topological polar surface area (TPSA) is 115 Å². The fourth-order valence-electron chi connectivity index (χ4n) is 1.48. The molecule has 0 fully saturated rings. The van der Waals surface area contributed by atoms with Crippen LogP contribution in [0.1, 0.15) is 5.56 Å². The number of halogens is 1. The van der Waals surface area contributed by atoms with Crippen LogP contribution in [0.2, 0.25) is 0 Å². The number of tetrazole rings is 1. The van der Waals surface area contributed by atoms with E-state index in [1.807, 2.05) is 0 Å². The molecule has 0 saturated heterocycles. The van der Waals surface area contributed by atoms with Crippen LogP contribution in [0.15, 0.2) is 21.5 Å². The number of H-pyrrole nitrogens is 1. The molecule has 0 spiro atoms. The lowest BCUT2D eigenvalue weighted by atomic mass is 10.1. The number of rotatable bonds is 2. The molecule has 0 bridgehead atoms. The number of aromatic amines is 1. The van der Waals surface area contributed by atoms with Gasteiger partial charge in [-0.25, -0.2) is 13.6 Å². The molecule has 9 heteroatoms. The number of benzene rings is 1. The first kappa shape index (κ1) is 12.1. The quantitative estimate of drug-likeness (QED) is 0.841. The number of aromatic nitrogens is 4. The fraction of sp³-hybridized carbons (Fsp3) is 0.125. The van der Waals surface area contributed by atoms with E-state index in [0.29, 0.717) is 15.6 Å². The summed E-state index contributed by atoms with van der Waals surface area (Å²) in [5.41, 5.74) is 1.04. The zero-order chi connectivity index (χ0) is 12.6. The van der Waals surface area contributed by atoms with Crippen molar-refractivity contribution in [3.8, 4) is 11.4 Å². The number of primary sulfonamides is 1. The summed E-state index contributed by atoms with van der Waals surface area (Å²) in [5, 5.41) is 18.4. The zero-order valence-corrected chi connectivity index (χ0v) is 11.1. The van der Waals surface area contributed by atoms with E-state index in [2.05, 4.69) is 36.6 Å². The minimum Gasteiger partial charge on any atom is -0.225 e. The van der Waals surface area contributed by atoms with Crippen molar-refractivity contribution in [2.24, 2.45) is 5.14 Å². The Hall–Kier alpha value is -1.32. The average Bonchev–Trinajstić information content (AvgIpc) is 2.72. The lowest BCUT2D eigenvalue weighted by molar-refractivity contribution is 0.597. The molecular formula is C8H8BrN5O2S. The summed E-state index contributed by atoms with van der Waals surface area (Å²) >= 11 is 3.16. The van der Waals surface area contributed by atoms with Crippen LogP contribution >= 0.6 is 15.9 Å². The fourth-order valence-corrected chi connectivity index (χ4v) is 3.36. The van der Waals surface area contributed by atoms with Crippen LogP contribution in [-0.2, 0) is 10.0 Å². The van der Waals surface area contributed by atoms with E-state index in [0.717, 1.165) is 0 Å². The van der Waals surface area contributed by atoms with Crippen LogP contribution < -0.4 is 5.14 Å². The van der Waals surface area contributed by atoms with Crippen LogP contribution in [0, 0.1) is 6.92 Å². The molecule has 0 unspecified atom stereocenters. The maximum atomic E-state index is 11.6. The molecule has 0 saturated carbocycles. The molecular weight excluding hydrogens is 310 g/mol. The van der Waals surface area contributed by atoms with Gasteiger partial charge < -0.3 is 0 Å². The Balaban J connectivity index is 2.87. The Labute approximate surface area is 106 Å². The van der Waals surface area contributed by atoms with Crippen molar-refractivity contribution in [1.82, 2.24) is 20.6 Å². The van der Waals surface area contributed by atoms with Gasteiger partial charge in [0, 0.05) is 10.0 Å². The first-order valence-corrected chi connectivity index (χ1v) is 6.81. The molecule has 0 aliphatic carbocycles. The molecule has 1 aromatic heterocycles. The van der Waals surface area contributed by atoms with Gasteiger partial charge in [-0.2, -0.15) is 5.21 Å². The van der Waals surface area contributed by atoms with Gasteiger partial charge >= 0.3 is 0 Å². The summed E-state index contributed by atoms with van der Waals surface area (Å²) in [6, 6.07) is 3.35. The van der Waals surface area contributed by atoms with Gasteiger partial charge in [-0.05, 0) is 39.7 Å². The summed E-state index contributed by atoms with van der Waals surface area (Å²) in [6.07, 6.45) is 0. The molecule has 1 heterocycles. The van der Waals surface area contributed by atoms with E-state index in [-0.39, 0.29) is 10.7 Å². The molecule has 0 atom stereocenters. The number of aryl methyl sites for hydroxylation is 1. The maximum absolute atomic E-state index is 11.6. The predicted octanol–water partition coefficient (Wildman–Crippen LogP) is 0.585. The van der Waals surface area contributed by atoms with Gasteiger partial charge in [-0.1, -0.05) is 6.07 Å². The molecule has 2 rings (SSSR count). The van der Waals surface area contributed by atoms with E-state index in [1.54, 1.807) is 19.1 Å². The molecule has 17 heavy (non-hydrogen) atoms. The maximum Gasteiger partial charge on any atom is 0.239 e. The summed E-state index contributed by atoms with van der Waals surface area (Å²) in [5.74, 6) is 0.188. The predicted molar refractivity (Wildman–Crippen MR) is 63.4 cm³/mol. The van der Waals surface area contributed by atoms with Crippen LogP contribution in [0.5, 0.6) is 0 Å². The minimum atomic E-state index is -3.88. The Morgan fingerprint density at radius 2 is 2.12 bits per heavy atom. The first-order valence-electron chi connectivity index (χ1n) is 4.47. The van der Waals surface area contributed by atoms with Crippen LogP contribution in [-0.4, -0.2) is 29.0 Å². The largest absolute Gasteiger partial charge is 0.239 e. The van der Waals surface area contributed by atoms with Gasteiger partial charge in [0.2, 0.25) is 15.8 Å². The number of hydrogen-bond donors (Lipinski definition) is 2. The van der Waals surface area contributed by atoms with E-state index in [9.17, 15) is 8.42 Å². The van der Waals surface area contributed by atoms with Crippen molar-refractivity contribution < 1.29 is 8.42 Å². The highest BCUT2D eigenvalue weighted by atomic mass is 79.9. The molecule has 90 valence electrons. The third-order valence-corrected chi connectivity index (χ3v) is 4.09. The zero-order valence-electron chi connectivity index (χ0n) is 8.68. The standard InChI is InChI=1S/C8H8BrN5O2S/c1-4-2-3-5(9)7(17(10,15)16)6(4)8-11-13-14-12-8/h2-3H,1H3,(H2,10,15,16)(H,11,12,13,14). The molecule has 7 nitrogen and oxygen atoms in total. The highest BCUT2D eigenvalue weighted by Gasteiger charge is 2.23. The van der Waals surface area contributed by atoms with E-state index in [4.69, 9.17) is 5.14 Å². The SMILES string of the molecule is Cc1ccc(Br)c(S(N)(=O)=O)c1-c1nn[nH]n1. The van der Waals surface area contributed by atoms with Crippen molar-refractivity contribution in [3.05, 3.63) is 22.2 Å². The Morgan fingerprint density at radius 3 is 2.65 bits per heavy atom. The van der Waals surface area contributed by atoms with Gasteiger partial charge in [0.15, 0.2) is 0 Å². The summed E-state index contributed by atoms with van der Waals surface area (Å²) in [6.45, 7) is 1.74. The number of nitrogens with one attached hydrogen (secondary N) is 1. The summed E-state index contributed by atoms with van der Waals surface area (Å²) < 4.78 is 23.5. The van der Waals surface area contributed by atoms with E-state index in [1.165, 1.54) is 0 Å². The second kappa shape index (κ2) is 4.17. The van der Waals surface area contributed by atoms with Crippen molar-refractivity contribution in [2.75, 3.05) is 0 Å². The number of nitrogens with zero attached hydrogens (tertiary/aromatic N) is 3. The first-order chi connectivity index (χ1) is 7.91. The molecule has 0 aliphatic heterocycles. The molecule has 3 N–H and O–H groups in total. The second-order valence-corrected chi connectivity index (χ2v) is 5.70. The van der Waals surface area contributed by atoms with Gasteiger partial charge in [-0.3, -0.25) is 0 Å². The van der Waals surface area contributed by atoms with E-state index >= 15 is 0 Å². The van der Waals surface area contributed by atoms with Crippen LogP contribution in [0.25, 0.3) is 11.4 Å². The Morgan fingerprint density at radius 1 is 1.41 bits per heavy atom. The van der Waals surface area contributed by atoms with Crippen LogP contribution in [0.3, 0.4) is 0 Å². The number of sulfonamides is 1. The summed E-state index contributed by atoms with van der Waals surface area (Å²) in [7, 11) is -3.88. The van der Waals surface area contributed by atoms with Gasteiger partial charge in [0.05, 0.1) is 0 Å². The molecule has 0 amide bonds. The molecule has 2 aromatic rings. The second-order valence-electron chi connectivity index (χ2n) is 3.35. The normalized spacial score (nSPS) is 11.7. The Kier molecular flexibility index (Phi) is 2.98. The van der Waals surface area contributed by atoms with Gasteiger partial charge in [0.1, 0.15) is 4.90 Å². The highest BCUT2D eigenvalue weighted by Crippen LogP contribution is 2.32. The van der Waals surface area contributed by atoms with Crippen molar-refractivity contribution in [2.45, 2.75) is 11.8 Å². The smallest absolute Gasteiger partial charge is 0.225 e. The average molecular weight is 318 g/mol. The third-order valence-electron chi connectivity index (χ3n) is 2.17. The van der Waals surface area contributed by atoms with Crippen LogP contribution in [0.4, 0.5) is 0 Å². The number of hydrogen-bond acceptors (Lipinski definition) is 5. The lowest BCUT2D eigenvalue weighted by Gasteiger charge is -2.09. The van der Waals surface area contributed by atoms with Gasteiger partial charge in [-0.15, -0.1) is 10.2 Å². The van der Waals surface area contributed by atoms with E-state index < -0.39 is 10.0 Å². The Bertz CT molecular complexity index is 653. The summed E-state index contributed by atoms with van der Waals surface area (Å²) in [4.78, 5) is -0.0427. The van der Waals surface area contributed by atoms with Gasteiger partial charge in [0.25, 0.3) is 0 Å². The van der Waals surface area contributed by atoms with Crippen molar-refractivity contribution in [3.63, 3.8) is 0 Å². The minimum absolute atomic E-state index is 0.0427. The van der Waals surface area contributed by atoms with Crippen molar-refractivity contribution in [1.29, 1.82) is 0 Å². The molecule has 0 aliphatic rings. The van der Waals surface area contributed by atoms with Crippen molar-refractivity contribution >= 4 is 26.0 Å². The third kappa shape index (κ3) is 2.21. The molecule has 1 aromatic carbocycles.